The first-order valence-corrected chi connectivity index (χ1v) is 6.09. The first-order valence-electron chi connectivity index (χ1n) is 4.85. The zero-order chi connectivity index (χ0) is 10.4. The van der Waals surface area contributed by atoms with Gasteiger partial charge in [0.15, 0.2) is 0 Å². The van der Waals surface area contributed by atoms with Crippen molar-refractivity contribution >= 4 is 28.6 Å². The Labute approximate surface area is 103 Å². The van der Waals surface area contributed by atoms with Gasteiger partial charge in [0.25, 0.3) is 0 Å². The van der Waals surface area contributed by atoms with Crippen molar-refractivity contribution in [3.05, 3.63) is 52.0 Å². The molecule has 0 N–H and O–H groups in total. The quantitative estimate of drug-likeness (QED) is 0.582. The Morgan fingerprint density at radius 3 is 2.40 bits per heavy atom. The van der Waals surface area contributed by atoms with Crippen molar-refractivity contribution in [3.63, 3.8) is 0 Å². The van der Waals surface area contributed by atoms with E-state index in [1.807, 2.05) is 0 Å². The molecule has 1 aliphatic carbocycles. The number of fused-ring (bicyclic) bond motifs is 3. The molecule has 0 saturated heterocycles. The SMILES string of the molecule is Sc1ccc2c(c1)Cc1cc(Br)ccc1-2. The van der Waals surface area contributed by atoms with Crippen molar-refractivity contribution in [3.8, 4) is 11.1 Å². The van der Waals surface area contributed by atoms with Crippen molar-refractivity contribution in [1.82, 2.24) is 0 Å². The predicted octanol–water partition coefficient (Wildman–Crippen LogP) is 4.31. The molecule has 0 spiro atoms. The molecular weight excluding hydrogens is 268 g/mol. The van der Waals surface area contributed by atoms with Crippen molar-refractivity contribution in [2.45, 2.75) is 11.3 Å². The van der Waals surface area contributed by atoms with Gasteiger partial charge in [0, 0.05) is 9.37 Å². The number of benzene rings is 2. The van der Waals surface area contributed by atoms with Crippen LogP contribution in [0.4, 0.5) is 0 Å². The molecule has 1 aliphatic rings. The molecule has 0 amide bonds. The average molecular weight is 277 g/mol. The maximum Gasteiger partial charge on any atom is 0.0178 e. The highest BCUT2D eigenvalue weighted by Crippen LogP contribution is 2.38. The van der Waals surface area contributed by atoms with E-state index in [-0.39, 0.29) is 0 Å². The van der Waals surface area contributed by atoms with E-state index < -0.39 is 0 Å². The summed E-state index contributed by atoms with van der Waals surface area (Å²) in [5.74, 6) is 0. The molecular formula is C13H9BrS. The monoisotopic (exact) mass is 276 g/mol. The number of halogens is 1. The van der Waals surface area contributed by atoms with E-state index in [9.17, 15) is 0 Å². The van der Waals surface area contributed by atoms with Crippen molar-refractivity contribution in [1.29, 1.82) is 0 Å². The van der Waals surface area contributed by atoms with Gasteiger partial charge in [0.2, 0.25) is 0 Å². The maximum absolute atomic E-state index is 4.37. The van der Waals surface area contributed by atoms with Crippen LogP contribution in [0, 0.1) is 0 Å². The van der Waals surface area contributed by atoms with Crippen LogP contribution in [0.25, 0.3) is 11.1 Å². The van der Waals surface area contributed by atoms with Crippen LogP contribution in [0.5, 0.6) is 0 Å². The third-order valence-corrected chi connectivity index (χ3v) is 3.60. The number of thiol groups is 1. The maximum atomic E-state index is 4.37. The highest BCUT2D eigenvalue weighted by Gasteiger charge is 2.17. The van der Waals surface area contributed by atoms with Crippen molar-refractivity contribution < 1.29 is 0 Å². The van der Waals surface area contributed by atoms with Gasteiger partial charge in [-0.05, 0) is 52.9 Å². The van der Waals surface area contributed by atoms with E-state index in [1.165, 1.54) is 22.3 Å². The minimum atomic E-state index is 1.03. The first-order chi connectivity index (χ1) is 7.24. The summed E-state index contributed by atoms with van der Waals surface area (Å²) in [6.07, 6.45) is 1.03. The van der Waals surface area contributed by atoms with Crippen LogP contribution >= 0.6 is 28.6 Å². The van der Waals surface area contributed by atoms with Crippen LogP contribution in [0.2, 0.25) is 0 Å². The van der Waals surface area contributed by atoms with Crippen molar-refractivity contribution in [2.24, 2.45) is 0 Å². The summed E-state index contributed by atoms with van der Waals surface area (Å²) in [4.78, 5) is 1.04. The third-order valence-electron chi connectivity index (χ3n) is 2.83. The lowest BCUT2D eigenvalue weighted by Gasteiger charge is -2.01. The lowest BCUT2D eigenvalue weighted by molar-refractivity contribution is 1.24. The molecule has 2 aromatic carbocycles. The molecule has 0 unspecified atom stereocenters. The Hall–Kier alpha value is -0.730. The zero-order valence-electron chi connectivity index (χ0n) is 8.00. The lowest BCUT2D eigenvalue weighted by atomic mass is 10.1. The fourth-order valence-corrected chi connectivity index (χ4v) is 2.80. The van der Waals surface area contributed by atoms with E-state index in [2.05, 4.69) is 65.0 Å². The van der Waals surface area contributed by atoms with Crippen LogP contribution < -0.4 is 0 Å². The predicted molar refractivity (Wildman–Crippen MR) is 69.6 cm³/mol. The second-order valence-electron chi connectivity index (χ2n) is 3.82. The number of hydrogen-bond acceptors (Lipinski definition) is 1. The summed E-state index contributed by atoms with van der Waals surface area (Å²) in [5.41, 5.74) is 5.51. The molecule has 0 radical (unpaired) electrons. The zero-order valence-corrected chi connectivity index (χ0v) is 10.5. The van der Waals surface area contributed by atoms with Crippen LogP contribution in [0.3, 0.4) is 0 Å². The first kappa shape index (κ1) is 9.49. The van der Waals surface area contributed by atoms with Crippen molar-refractivity contribution in [2.75, 3.05) is 0 Å². The molecule has 0 fully saturated rings. The van der Waals surface area contributed by atoms with Gasteiger partial charge in [0.05, 0.1) is 0 Å². The minimum Gasteiger partial charge on any atom is -0.143 e. The molecule has 0 heterocycles. The van der Waals surface area contributed by atoms with Crippen LogP contribution in [-0.2, 0) is 6.42 Å². The van der Waals surface area contributed by atoms with E-state index >= 15 is 0 Å². The van der Waals surface area contributed by atoms with Gasteiger partial charge < -0.3 is 0 Å². The molecule has 2 aromatic rings. The fraction of sp³-hybridized carbons (Fsp3) is 0.0769. The molecule has 0 aromatic heterocycles. The van der Waals surface area contributed by atoms with Gasteiger partial charge in [0.1, 0.15) is 0 Å². The summed E-state index contributed by atoms with van der Waals surface area (Å²) in [6.45, 7) is 0. The second kappa shape index (κ2) is 3.39. The van der Waals surface area contributed by atoms with Crippen LogP contribution in [0.1, 0.15) is 11.1 Å². The molecule has 15 heavy (non-hydrogen) atoms. The third kappa shape index (κ3) is 1.52. The number of rotatable bonds is 0. The Balaban J connectivity index is 2.24. The summed E-state index contributed by atoms with van der Waals surface area (Å²) in [5, 5.41) is 0. The van der Waals surface area contributed by atoms with Gasteiger partial charge >= 0.3 is 0 Å². The lowest BCUT2D eigenvalue weighted by Crippen LogP contribution is -1.79. The van der Waals surface area contributed by atoms with Gasteiger partial charge in [-0.3, -0.25) is 0 Å². The van der Waals surface area contributed by atoms with Crippen LogP contribution in [0.15, 0.2) is 45.8 Å². The van der Waals surface area contributed by atoms with E-state index in [0.29, 0.717) is 0 Å². The molecule has 0 atom stereocenters. The largest absolute Gasteiger partial charge is 0.143 e. The molecule has 0 nitrogen and oxygen atoms in total. The average Bonchev–Trinajstić information content (AvgIpc) is 2.53. The molecule has 2 heteroatoms. The molecule has 0 bridgehead atoms. The second-order valence-corrected chi connectivity index (χ2v) is 5.25. The standard InChI is InChI=1S/C13H9BrS/c14-10-1-3-12-8(6-10)5-9-7-11(15)2-4-13(9)12/h1-4,6-7,15H,5H2. The minimum absolute atomic E-state index is 1.03. The van der Waals surface area contributed by atoms with Gasteiger partial charge in [-0.25, -0.2) is 0 Å². The smallest absolute Gasteiger partial charge is 0.0178 e. The molecule has 0 saturated carbocycles. The summed E-state index contributed by atoms with van der Waals surface area (Å²) in [6, 6.07) is 12.9. The topological polar surface area (TPSA) is 0 Å². The van der Waals surface area contributed by atoms with Crippen LogP contribution in [-0.4, -0.2) is 0 Å². The highest BCUT2D eigenvalue weighted by molar-refractivity contribution is 9.10. The van der Waals surface area contributed by atoms with Gasteiger partial charge in [-0.15, -0.1) is 12.6 Å². The van der Waals surface area contributed by atoms with E-state index in [1.54, 1.807) is 0 Å². The summed E-state index contributed by atoms with van der Waals surface area (Å²) < 4.78 is 1.15. The molecule has 0 aliphatic heterocycles. The number of hydrogen-bond donors (Lipinski definition) is 1. The normalized spacial score (nSPS) is 12.4. The summed E-state index contributed by atoms with van der Waals surface area (Å²) >= 11 is 7.88. The van der Waals surface area contributed by atoms with Gasteiger partial charge in [-0.2, -0.15) is 0 Å². The Morgan fingerprint density at radius 2 is 1.60 bits per heavy atom. The molecule has 74 valence electrons. The molecule has 3 rings (SSSR count). The fourth-order valence-electron chi connectivity index (χ4n) is 2.17. The Bertz CT molecular complexity index is 497. The Morgan fingerprint density at radius 1 is 0.933 bits per heavy atom. The van der Waals surface area contributed by atoms with E-state index in [0.717, 1.165) is 15.8 Å². The highest BCUT2D eigenvalue weighted by atomic mass is 79.9. The van der Waals surface area contributed by atoms with Gasteiger partial charge in [-0.1, -0.05) is 28.1 Å². The Kier molecular flexibility index (Phi) is 2.15. The van der Waals surface area contributed by atoms with E-state index in [4.69, 9.17) is 0 Å². The summed E-state index contributed by atoms with van der Waals surface area (Å²) in [7, 11) is 0.